The molecule has 21 heavy (non-hydrogen) atoms. The molecule has 0 N–H and O–H groups in total. The van der Waals surface area contributed by atoms with Gasteiger partial charge in [-0.25, -0.2) is 4.39 Å². The van der Waals surface area contributed by atoms with Crippen molar-refractivity contribution in [2.75, 3.05) is 0 Å². The highest BCUT2D eigenvalue weighted by atomic mass is 19.1. The van der Waals surface area contributed by atoms with Gasteiger partial charge in [0.05, 0.1) is 0 Å². The second kappa shape index (κ2) is 6.02. The van der Waals surface area contributed by atoms with Crippen molar-refractivity contribution in [3.8, 4) is 0 Å². The third kappa shape index (κ3) is 3.53. The molecule has 0 spiro atoms. The van der Waals surface area contributed by atoms with Crippen molar-refractivity contribution in [1.29, 1.82) is 0 Å². The first-order valence-corrected chi connectivity index (χ1v) is 7.77. The molecule has 0 saturated heterocycles. The third-order valence-electron chi connectivity index (χ3n) is 4.21. The molecule has 0 radical (unpaired) electrons. The smallest absolute Gasteiger partial charge is 0.123 e. The first kappa shape index (κ1) is 14.3. The number of hydrogen-bond acceptors (Lipinski definition) is 1. The Morgan fingerprint density at radius 2 is 1.90 bits per heavy atom. The van der Waals surface area contributed by atoms with Gasteiger partial charge in [-0.15, -0.1) is 0 Å². The highest BCUT2D eigenvalue weighted by Crippen LogP contribution is 2.30. The van der Waals surface area contributed by atoms with Crippen LogP contribution >= 0.6 is 0 Å². The molecule has 3 rings (SSSR count). The summed E-state index contributed by atoms with van der Waals surface area (Å²) in [6.45, 7) is 6.34. The number of hydrogen-bond donors (Lipinski definition) is 0. The van der Waals surface area contributed by atoms with Crippen LogP contribution in [0.3, 0.4) is 0 Å². The van der Waals surface area contributed by atoms with E-state index in [4.69, 9.17) is 0 Å². The van der Waals surface area contributed by atoms with E-state index in [2.05, 4.69) is 41.6 Å². The van der Waals surface area contributed by atoms with Crippen LogP contribution < -0.4 is 0 Å². The quantitative estimate of drug-likeness (QED) is 0.778. The molecule has 3 heteroatoms. The fraction of sp³-hybridized carbons (Fsp3) is 0.444. The van der Waals surface area contributed by atoms with E-state index in [-0.39, 0.29) is 5.82 Å². The molecule has 0 bridgehead atoms. The SMILES string of the molecule is CC(C)N(Cc1cccn1Cc1ccc(F)cc1)C1CC1. The van der Waals surface area contributed by atoms with Gasteiger partial charge in [0.1, 0.15) is 5.82 Å². The van der Waals surface area contributed by atoms with Crippen LogP contribution in [0.4, 0.5) is 4.39 Å². The monoisotopic (exact) mass is 286 g/mol. The molecule has 0 amide bonds. The Morgan fingerprint density at radius 3 is 2.52 bits per heavy atom. The molecule has 1 fully saturated rings. The normalized spacial score (nSPS) is 15.1. The Balaban J connectivity index is 1.72. The maximum Gasteiger partial charge on any atom is 0.123 e. The van der Waals surface area contributed by atoms with E-state index in [0.717, 1.165) is 24.7 Å². The van der Waals surface area contributed by atoms with Gasteiger partial charge < -0.3 is 4.57 Å². The summed E-state index contributed by atoms with van der Waals surface area (Å²) in [6, 6.07) is 12.4. The minimum absolute atomic E-state index is 0.175. The molecule has 1 aliphatic rings. The van der Waals surface area contributed by atoms with E-state index in [9.17, 15) is 4.39 Å². The van der Waals surface area contributed by atoms with Crippen LogP contribution in [0.15, 0.2) is 42.6 Å². The first-order chi connectivity index (χ1) is 10.1. The lowest BCUT2D eigenvalue weighted by atomic mass is 10.2. The lowest BCUT2D eigenvalue weighted by Crippen LogP contribution is -2.33. The zero-order valence-electron chi connectivity index (χ0n) is 12.8. The van der Waals surface area contributed by atoms with Crippen LogP contribution in [0.2, 0.25) is 0 Å². The maximum atomic E-state index is 13.0. The number of aromatic nitrogens is 1. The van der Waals surface area contributed by atoms with Crippen molar-refractivity contribution >= 4 is 0 Å². The molecule has 1 aliphatic carbocycles. The summed E-state index contributed by atoms with van der Waals surface area (Å²) in [6.07, 6.45) is 4.78. The lowest BCUT2D eigenvalue weighted by molar-refractivity contribution is 0.197. The number of benzene rings is 1. The van der Waals surface area contributed by atoms with Crippen LogP contribution in [0.5, 0.6) is 0 Å². The van der Waals surface area contributed by atoms with Crippen LogP contribution in [0.1, 0.15) is 37.9 Å². The lowest BCUT2D eigenvalue weighted by Gasteiger charge is -2.27. The Bertz CT molecular complexity index is 580. The van der Waals surface area contributed by atoms with Crippen LogP contribution in [0, 0.1) is 5.82 Å². The summed E-state index contributed by atoms with van der Waals surface area (Å²) in [4.78, 5) is 2.58. The Hall–Kier alpha value is -1.61. The summed E-state index contributed by atoms with van der Waals surface area (Å²) >= 11 is 0. The Kier molecular flexibility index (Phi) is 4.11. The van der Waals surface area contributed by atoms with E-state index in [1.165, 1.54) is 30.7 Å². The summed E-state index contributed by atoms with van der Waals surface area (Å²) in [7, 11) is 0. The molecule has 0 aliphatic heterocycles. The second-order valence-electron chi connectivity index (χ2n) is 6.25. The summed E-state index contributed by atoms with van der Waals surface area (Å²) in [5.41, 5.74) is 2.47. The zero-order chi connectivity index (χ0) is 14.8. The first-order valence-electron chi connectivity index (χ1n) is 7.77. The van der Waals surface area contributed by atoms with Gasteiger partial charge in [-0.2, -0.15) is 0 Å². The number of rotatable bonds is 6. The fourth-order valence-electron chi connectivity index (χ4n) is 2.86. The van der Waals surface area contributed by atoms with Gasteiger partial charge in [-0.1, -0.05) is 12.1 Å². The van der Waals surface area contributed by atoms with Gasteiger partial charge in [0.25, 0.3) is 0 Å². The van der Waals surface area contributed by atoms with Crippen LogP contribution in [-0.4, -0.2) is 21.6 Å². The molecule has 0 unspecified atom stereocenters. The number of halogens is 1. The van der Waals surface area contributed by atoms with Gasteiger partial charge in [0, 0.05) is 37.1 Å². The topological polar surface area (TPSA) is 8.17 Å². The Labute approximate surface area is 126 Å². The van der Waals surface area contributed by atoms with Crippen LogP contribution in [-0.2, 0) is 13.1 Å². The van der Waals surface area contributed by atoms with E-state index in [1.54, 1.807) is 0 Å². The fourth-order valence-corrected chi connectivity index (χ4v) is 2.86. The average Bonchev–Trinajstić information content (AvgIpc) is 3.20. The van der Waals surface area contributed by atoms with Crippen molar-refractivity contribution in [3.05, 3.63) is 59.7 Å². The molecule has 1 heterocycles. The van der Waals surface area contributed by atoms with E-state index < -0.39 is 0 Å². The average molecular weight is 286 g/mol. The summed E-state index contributed by atoms with van der Waals surface area (Å²) < 4.78 is 15.3. The van der Waals surface area contributed by atoms with Gasteiger partial charge in [0.15, 0.2) is 0 Å². The molecule has 2 aromatic rings. The highest BCUT2D eigenvalue weighted by Gasteiger charge is 2.30. The highest BCUT2D eigenvalue weighted by molar-refractivity contribution is 5.18. The third-order valence-corrected chi connectivity index (χ3v) is 4.21. The second-order valence-corrected chi connectivity index (χ2v) is 6.25. The molecule has 0 atom stereocenters. The number of nitrogens with zero attached hydrogens (tertiary/aromatic N) is 2. The van der Waals surface area contributed by atoms with Crippen LogP contribution in [0.25, 0.3) is 0 Å². The zero-order valence-corrected chi connectivity index (χ0v) is 12.8. The molecule has 1 saturated carbocycles. The standard InChI is InChI=1S/C18H23FN2/c1-14(2)21(17-9-10-17)13-18-4-3-11-20(18)12-15-5-7-16(19)8-6-15/h3-8,11,14,17H,9-10,12-13H2,1-2H3. The minimum Gasteiger partial charge on any atom is -0.346 e. The minimum atomic E-state index is -0.175. The Morgan fingerprint density at radius 1 is 1.19 bits per heavy atom. The van der Waals surface area contributed by atoms with Gasteiger partial charge in [-0.05, 0) is 56.5 Å². The van der Waals surface area contributed by atoms with Crippen molar-refractivity contribution < 1.29 is 4.39 Å². The van der Waals surface area contributed by atoms with Gasteiger partial charge in [0.2, 0.25) is 0 Å². The van der Waals surface area contributed by atoms with Gasteiger partial charge >= 0.3 is 0 Å². The van der Waals surface area contributed by atoms with Crippen molar-refractivity contribution in [3.63, 3.8) is 0 Å². The molecular formula is C18H23FN2. The van der Waals surface area contributed by atoms with Crippen molar-refractivity contribution in [1.82, 2.24) is 9.47 Å². The molecule has 1 aromatic carbocycles. The summed E-state index contributed by atoms with van der Waals surface area (Å²) in [5, 5.41) is 0. The van der Waals surface area contributed by atoms with Crippen molar-refractivity contribution in [2.24, 2.45) is 0 Å². The van der Waals surface area contributed by atoms with Crippen molar-refractivity contribution in [2.45, 2.75) is 51.9 Å². The summed E-state index contributed by atoms with van der Waals surface area (Å²) in [5.74, 6) is -0.175. The van der Waals surface area contributed by atoms with Gasteiger partial charge in [-0.3, -0.25) is 4.90 Å². The van der Waals surface area contributed by atoms with E-state index in [1.807, 2.05) is 12.1 Å². The predicted octanol–water partition coefficient (Wildman–Crippen LogP) is 4.05. The molecule has 1 aromatic heterocycles. The van der Waals surface area contributed by atoms with E-state index in [0.29, 0.717) is 6.04 Å². The molecule has 112 valence electrons. The molecular weight excluding hydrogens is 263 g/mol. The predicted molar refractivity (Wildman–Crippen MR) is 83.6 cm³/mol. The largest absolute Gasteiger partial charge is 0.346 e. The maximum absolute atomic E-state index is 13.0. The molecule has 2 nitrogen and oxygen atoms in total. The van der Waals surface area contributed by atoms with E-state index >= 15 is 0 Å².